The molecule has 1 aliphatic heterocycles. The summed E-state index contributed by atoms with van der Waals surface area (Å²) < 4.78 is 16.7. The molecule has 0 atom stereocenters. The zero-order valence-corrected chi connectivity index (χ0v) is 13.3. The molecule has 0 bridgehead atoms. The molecule has 0 fully saturated rings. The molecule has 0 aliphatic carbocycles. The standard InChI is InChI=1S/C19H17NO4/c1-20(12-13-6-7-16-17(10-13)23-9-8-22-16)19(21)18-11-14-4-2-3-5-15(14)24-18/h2-7,10-11H,8-9,12H2,1H3. The predicted octanol–water partition coefficient (Wildman–Crippen LogP) is 3.48. The topological polar surface area (TPSA) is 51.9 Å². The van der Waals surface area contributed by atoms with Crippen LogP contribution in [0.5, 0.6) is 11.5 Å². The third-order valence-electron chi connectivity index (χ3n) is 4.01. The molecule has 1 aliphatic rings. The van der Waals surface area contributed by atoms with E-state index in [-0.39, 0.29) is 5.91 Å². The fourth-order valence-electron chi connectivity index (χ4n) is 2.81. The van der Waals surface area contributed by atoms with Gasteiger partial charge >= 0.3 is 0 Å². The molecule has 1 aromatic heterocycles. The van der Waals surface area contributed by atoms with Gasteiger partial charge in [-0.15, -0.1) is 0 Å². The van der Waals surface area contributed by atoms with Gasteiger partial charge in [0, 0.05) is 19.0 Å². The van der Waals surface area contributed by atoms with Gasteiger partial charge in [0.1, 0.15) is 18.8 Å². The Balaban J connectivity index is 1.52. The second-order valence-corrected chi connectivity index (χ2v) is 5.79. The second-order valence-electron chi connectivity index (χ2n) is 5.79. The number of fused-ring (bicyclic) bond motifs is 2. The second kappa shape index (κ2) is 5.92. The van der Waals surface area contributed by atoms with Crippen molar-refractivity contribution in [1.29, 1.82) is 0 Å². The van der Waals surface area contributed by atoms with E-state index < -0.39 is 0 Å². The van der Waals surface area contributed by atoms with Crippen molar-refractivity contribution in [3.8, 4) is 11.5 Å². The van der Waals surface area contributed by atoms with Crippen LogP contribution in [0.2, 0.25) is 0 Å². The zero-order valence-electron chi connectivity index (χ0n) is 13.3. The lowest BCUT2D eigenvalue weighted by atomic mass is 10.2. The highest BCUT2D eigenvalue weighted by Crippen LogP contribution is 2.31. The van der Waals surface area contributed by atoms with Crippen LogP contribution in [0.15, 0.2) is 52.9 Å². The Kier molecular flexibility index (Phi) is 3.61. The van der Waals surface area contributed by atoms with Gasteiger partial charge in [-0.25, -0.2) is 0 Å². The van der Waals surface area contributed by atoms with Crippen molar-refractivity contribution in [1.82, 2.24) is 4.90 Å². The summed E-state index contributed by atoms with van der Waals surface area (Å²) in [4.78, 5) is 14.2. The number of benzene rings is 2. The van der Waals surface area contributed by atoms with E-state index in [1.165, 1.54) is 0 Å². The molecule has 0 spiro atoms. The smallest absolute Gasteiger partial charge is 0.289 e. The number of amides is 1. The van der Waals surface area contributed by atoms with Crippen LogP contribution in [0, 0.1) is 0 Å². The number of furan rings is 1. The van der Waals surface area contributed by atoms with Crippen molar-refractivity contribution in [2.24, 2.45) is 0 Å². The van der Waals surface area contributed by atoms with E-state index in [0.29, 0.717) is 31.1 Å². The van der Waals surface area contributed by atoms with Crippen LogP contribution in [0.25, 0.3) is 11.0 Å². The number of ether oxygens (including phenoxy) is 2. The van der Waals surface area contributed by atoms with Gasteiger partial charge in [0.2, 0.25) is 0 Å². The van der Waals surface area contributed by atoms with E-state index in [2.05, 4.69) is 0 Å². The molecule has 1 amide bonds. The third-order valence-corrected chi connectivity index (χ3v) is 4.01. The van der Waals surface area contributed by atoms with E-state index in [1.807, 2.05) is 42.5 Å². The summed E-state index contributed by atoms with van der Waals surface area (Å²) in [5.74, 6) is 1.66. The average molecular weight is 323 g/mol. The van der Waals surface area contributed by atoms with Crippen molar-refractivity contribution in [3.05, 3.63) is 59.9 Å². The summed E-state index contributed by atoms with van der Waals surface area (Å²) in [5.41, 5.74) is 1.69. The van der Waals surface area contributed by atoms with Gasteiger partial charge in [0.05, 0.1) is 0 Å². The molecule has 0 saturated carbocycles. The van der Waals surface area contributed by atoms with Gasteiger partial charge in [-0.05, 0) is 29.8 Å². The van der Waals surface area contributed by atoms with Crippen molar-refractivity contribution >= 4 is 16.9 Å². The van der Waals surface area contributed by atoms with Gasteiger partial charge in [-0.3, -0.25) is 4.79 Å². The van der Waals surface area contributed by atoms with Gasteiger partial charge in [0.25, 0.3) is 5.91 Å². The van der Waals surface area contributed by atoms with Crippen LogP contribution in [0.3, 0.4) is 0 Å². The first-order valence-electron chi connectivity index (χ1n) is 7.83. The molecule has 0 unspecified atom stereocenters. The van der Waals surface area contributed by atoms with Gasteiger partial charge in [-0.1, -0.05) is 24.3 Å². The van der Waals surface area contributed by atoms with Gasteiger partial charge in [0.15, 0.2) is 17.3 Å². The first kappa shape index (κ1) is 14.6. The minimum absolute atomic E-state index is 0.152. The number of hydrogen-bond donors (Lipinski definition) is 0. The van der Waals surface area contributed by atoms with Crippen LogP contribution in [0.1, 0.15) is 16.1 Å². The van der Waals surface area contributed by atoms with Crippen molar-refractivity contribution in [3.63, 3.8) is 0 Å². The van der Waals surface area contributed by atoms with E-state index in [9.17, 15) is 4.79 Å². The predicted molar refractivity (Wildman–Crippen MR) is 89.4 cm³/mol. The summed E-state index contributed by atoms with van der Waals surface area (Å²) in [5, 5.41) is 0.925. The number of rotatable bonds is 3. The fraction of sp³-hybridized carbons (Fsp3) is 0.211. The highest BCUT2D eigenvalue weighted by atomic mass is 16.6. The number of hydrogen-bond acceptors (Lipinski definition) is 4. The summed E-state index contributed by atoms with van der Waals surface area (Å²) in [6.07, 6.45) is 0. The number of para-hydroxylation sites is 1. The lowest BCUT2D eigenvalue weighted by molar-refractivity contribution is 0.0755. The Bertz CT molecular complexity index is 866. The summed E-state index contributed by atoms with van der Waals surface area (Å²) in [6.45, 7) is 1.58. The van der Waals surface area contributed by atoms with Crippen molar-refractivity contribution in [2.75, 3.05) is 20.3 Å². The maximum atomic E-state index is 12.6. The Morgan fingerprint density at radius 3 is 2.67 bits per heavy atom. The molecular weight excluding hydrogens is 306 g/mol. The van der Waals surface area contributed by atoms with Gasteiger partial charge in [-0.2, -0.15) is 0 Å². The molecule has 0 N–H and O–H groups in total. The van der Waals surface area contributed by atoms with E-state index in [0.717, 1.165) is 22.4 Å². The van der Waals surface area contributed by atoms with Gasteiger partial charge < -0.3 is 18.8 Å². The molecule has 0 saturated heterocycles. The molecular formula is C19H17NO4. The molecule has 4 rings (SSSR count). The maximum Gasteiger partial charge on any atom is 0.289 e. The van der Waals surface area contributed by atoms with E-state index in [4.69, 9.17) is 13.9 Å². The summed E-state index contributed by atoms with van der Waals surface area (Å²) in [7, 11) is 1.76. The Hall–Kier alpha value is -2.95. The average Bonchev–Trinajstić information content (AvgIpc) is 3.05. The molecule has 5 nitrogen and oxygen atoms in total. The maximum absolute atomic E-state index is 12.6. The highest BCUT2D eigenvalue weighted by molar-refractivity contribution is 5.95. The molecule has 2 aromatic carbocycles. The van der Waals surface area contributed by atoms with Crippen molar-refractivity contribution < 1.29 is 18.7 Å². The molecule has 5 heteroatoms. The fourth-order valence-corrected chi connectivity index (χ4v) is 2.81. The largest absolute Gasteiger partial charge is 0.486 e. The monoisotopic (exact) mass is 323 g/mol. The van der Waals surface area contributed by atoms with Crippen LogP contribution in [0.4, 0.5) is 0 Å². The van der Waals surface area contributed by atoms with Crippen molar-refractivity contribution in [2.45, 2.75) is 6.54 Å². The number of carbonyl (C=O) groups excluding carboxylic acids is 1. The number of nitrogens with zero attached hydrogens (tertiary/aromatic N) is 1. The lowest BCUT2D eigenvalue weighted by Crippen LogP contribution is -2.26. The molecule has 0 radical (unpaired) electrons. The minimum atomic E-state index is -0.152. The lowest BCUT2D eigenvalue weighted by Gasteiger charge is -2.20. The van der Waals surface area contributed by atoms with Crippen LogP contribution < -0.4 is 9.47 Å². The first-order chi connectivity index (χ1) is 11.7. The molecule has 2 heterocycles. The Morgan fingerprint density at radius 2 is 1.83 bits per heavy atom. The van der Waals surface area contributed by atoms with E-state index in [1.54, 1.807) is 18.0 Å². The Morgan fingerprint density at radius 1 is 1.04 bits per heavy atom. The molecule has 24 heavy (non-hydrogen) atoms. The number of carbonyl (C=O) groups is 1. The SMILES string of the molecule is CN(Cc1ccc2c(c1)OCCO2)C(=O)c1cc2ccccc2o1. The minimum Gasteiger partial charge on any atom is -0.486 e. The molecule has 3 aromatic rings. The van der Waals surface area contributed by atoms with Crippen LogP contribution >= 0.6 is 0 Å². The van der Waals surface area contributed by atoms with Crippen LogP contribution in [-0.4, -0.2) is 31.1 Å². The van der Waals surface area contributed by atoms with Crippen LogP contribution in [-0.2, 0) is 6.54 Å². The van der Waals surface area contributed by atoms with E-state index >= 15 is 0 Å². The quantitative estimate of drug-likeness (QED) is 0.740. The first-order valence-corrected chi connectivity index (χ1v) is 7.83. The molecule has 122 valence electrons. The highest BCUT2D eigenvalue weighted by Gasteiger charge is 2.18. The summed E-state index contributed by atoms with van der Waals surface area (Å²) in [6, 6.07) is 15.1. The Labute approximate surface area is 139 Å². The zero-order chi connectivity index (χ0) is 16.5. The summed E-state index contributed by atoms with van der Waals surface area (Å²) >= 11 is 0. The third kappa shape index (κ3) is 2.69. The normalized spacial score (nSPS) is 13.0.